The first-order chi connectivity index (χ1) is 26.8. The van der Waals surface area contributed by atoms with Crippen molar-refractivity contribution in [3.8, 4) is 0 Å². The molecule has 9 N–H and O–H groups in total. The number of aliphatic imine (C=N–C) groups is 2. The summed E-state index contributed by atoms with van der Waals surface area (Å²) in [7, 11) is -9.91. The van der Waals surface area contributed by atoms with E-state index < -0.39 is 76.9 Å². The minimum atomic E-state index is -5.05. The summed E-state index contributed by atoms with van der Waals surface area (Å²) in [6.07, 6.45) is 12.1. The van der Waals surface area contributed by atoms with E-state index in [1.54, 1.807) is 0 Å². The summed E-state index contributed by atoms with van der Waals surface area (Å²) in [6, 6.07) is 4.39. The molecule has 0 fully saturated rings. The molecule has 21 nitrogen and oxygen atoms in total. The van der Waals surface area contributed by atoms with Crippen LogP contribution in [0.2, 0.25) is 0 Å². The number of urea groups is 1. The summed E-state index contributed by atoms with van der Waals surface area (Å²) < 4.78 is 67.0. The van der Waals surface area contributed by atoms with E-state index in [2.05, 4.69) is 30.7 Å². The van der Waals surface area contributed by atoms with Crippen LogP contribution in [0.25, 0.3) is 0 Å². The smallest absolute Gasteiger partial charge is 0.388 e. The molecule has 0 heterocycles. The Labute approximate surface area is 320 Å². The van der Waals surface area contributed by atoms with Gasteiger partial charge in [0.05, 0.1) is 28.4 Å². The molecule has 6 rings (SSSR count). The fourth-order valence-corrected chi connectivity index (χ4v) is 6.69. The Balaban J connectivity index is 1.28. The predicted octanol–water partition coefficient (Wildman–Crippen LogP) is 3.80. The van der Waals surface area contributed by atoms with Crippen LogP contribution in [-0.4, -0.2) is 99.4 Å². The Morgan fingerprint density at radius 3 is 1.95 bits per heavy atom. The zero-order valence-electron chi connectivity index (χ0n) is 28.2. The van der Waals surface area contributed by atoms with Crippen molar-refractivity contribution in [2.24, 2.45) is 25.3 Å². The van der Waals surface area contributed by atoms with Crippen molar-refractivity contribution in [2.75, 3.05) is 5.43 Å². The molecule has 290 valence electrons. The second-order valence-corrected chi connectivity index (χ2v) is 14.5. The van der Waals surface area contributed by atoms with Crippen LogP contribution in [0.1, 0.15) is 10.4 Å². The van der Waals surface area contributed by atoms with Gasteiger partial charge in [-0.3, -0.25) is 25.2 Å². The predicted molar refractivity (Wildman–Crippen MR) is 202 cm³/mol. The van der Waals surface area contributed by atoms with Gasteiger partial charge < -0.3 is 15.3 Å². The number of carboxylic acids is 1. The highest BCUT2D eigenvalue weighted by Gasteiger charge is 2.41. The molecule has 5 aliphatic rings. The Morgan fingerprint density at radius 1 is 0.772 bits per heavy atom. The lowest BCUT2D eigenvalue weighted by molar-refractivity contribution is -0.275. The summed E-state index contributed by atoms with van der Waals surface area (Å²) in [6.45, 7) is 0. The maximum atomic E-state index is 12.9. The van der Waals surface area contributed by atoms with E-state index in [0.29, 0.717) is 0 Å². The second kappa shape index (κ2) is 15.2. The highest BCUT2D eigenvalue weighted by atomic mass is 32.3. The minimum absolute atomic E-state index is 0.00449. The second-order valence-electron chi connectivity index (χ2n) is 11.6. The highest BCUT2D eigenvalue weighted by molar-refractivity contribution is 7.97. The molecule has 1 aromatic carbocycles. The van der Waals surface area contributed by atoms with Gasteiger partial charge in [-0.25, -0.2) is 9.59 Å². The normalized spacial score (nSPS) is 21.7. The minimum Gasteiger partial charge on any atom is -0.505 e. The van der Waals surface area contributed by atoms with Crippen molar-refractivity contribution in [2.45, 2.75) is 0 Å². The lowest BCUT2D eigenvalue weighted by Gasteiger charge is -2.20. The molecule has 0 unspecified atom stereocenters. The van der Waals surface area contributed by atoms with E-state index in [-0.39, 0.29) is 55.9 Å². The van der Waals surface area contributed by atoms with Gasteiger partial charge in [-0.1, -0.05) is 12.1 Å². The first kappa shape index (κ1) is 39.6. The van der Waals surface area contributed by atoms with Gasteiger partial charge in [-0.05, 0) is 88.2 Å². The number of carboxylic acid groups (broad SMARTS) is 1. The fraction of sp³-hybridized carbons (Fsp3) is 0. The number of hydroxylamine groups is 2. The number of aromatic carboxylic acids is 1. The van der Waals surface area contributed by atoms with E-state index in [4.69, 9.17) is 0 Å². The first-order valence-corrected chi connectivity index (χ1v) is 18.5. The number of aliphatic hydroxyl groups excluding tert-OH is 2. The number of carbonyl (C=O) groups excluding carboxylic acids is 2. The number of hydrogen-bond donors (Lipinski definition) is 9. The molecule has 0 aromatic heterocycles. The Morgan fingerprint density at radius 2 is 1.37 bits per heavy atom. The molecule has 2 amide bonds. The number of fused-ring (bicyclic) bond motifs is 2. The van der Waals surface area contributed by atoms with E-state index >= 15 is 0 Å². The van der Waals surface area contributed by atoms with Gasteiger partial charge in [0.2, 0.25) is 5.78 Å². The molecule has 57 heavy (non-hydrogen) atoms. The summed E-state index contributed by atoms with van der Waals surface area (Å²) >= 11 is 0. The van der Waals surface area contributed by atoms with Crippen LogP contribution in [0.5, 0.6) is 0 Å². The quantitative estimate of drug-likeness (QED) is 0.0817. The summed E-state index contributed by atoms with van der Waals surface area (Å²) in [5.41, 5.74) is -0.319. The molecule has 0 atom stereocenters. The third-order valence-corrected chi connectivity index (χ3v) is 9.71. The monoisotopic (exact) mass is 818 g/mol. The molecular formula is C34H24N7O14S2+. The number of nitrogens with zero attached hydrogens (tertiary/aromatic N) is 6. The number of ketones is 1. The zero-order valence-corrected chi connectivity index (χ0v) is 29.8. The number of rotatable bonds is 7. The van der Waals surface area contributed by atoms with Crippen LogP contribution in [0.15, 0.2) is 166 Å². The molecule has 23 heteroatoms. The third-order valence-electron chi connectivity index (χ3n) is 7.96. The van der Waals surface area contributed by atoms with Gasteiger partial charge in [0, 0.05) is 17.2 Å². The third kappa shape index (κ3) is 8.43. The van der Waals surface area contributed by atoms with Gasteiger partial charge in [0.15, 0.2) is 17.2 Å². The number of anilines is 1. The van der Waals surface area contributed by atoms with Crippen LogP contribution in [-0.2, 0) is 29.6 Å². The van der Waals surface area contributed by atoms with Crippen molar-refractivity contribution in [1.29, 1.82) is 0 Å². The first-order valence-electron chi connectivity index (χ1n) is 15.5. The number of hydrazone groups is 1. The summed E-state index contributed by atoms with van der Waals surface area (Å²) in [5, 5.41) is 60.6. The summed E-state index contributed by atoms with van der Waals surface area (Å²) in [4.78, 5) is 42.6. The molecular weight excluding hydrogens is 795 g/mol. The highest BCUT2D eigenvalue weighted by Crippen LogP contribution is 2.34. The Bertz CT molecular complexity index is 2730. The maximum Gasteiger partial charge on any atom is 0.388 e. The van der Waals surface area contributed by atoms with Gasteiger partial charge in [0.25, 0.3) is 15.0 Å². The molecule has 0 spiro atoms. The molecule has 0 bridgehead atoms. The molecule has 5 aliphatic carbocycles. The van der Waals surface area contributed by atoms with Crippen molar-refractivity contribution in [1.82, 2.24) is 5.23 Å². The fourth-order valence-electron chi connectivity index (χ4n) is 5.36. The number of carbonyl (C=O) groups is 3. The van der Waals surface area contributed by atoms with Crippen molar-refractivity contribution < 1.29 is 66.4 Å². The van der Waals surface area contributed by atoms with Gasteiger partial charge in [-0.15, -0.1) is 15.4 Å². The van der Waals surface area contributed by atoms with Gasteiger partial charge in [0.1, 0.15) is 16.3 Å². The Hall–Kier alpha value is -7.12. The number of benzene rings is 1. The number of amides is 2. The molecule has 0 radical (unpaired) electrons. The van der Waals surface area contributed by atoms with E-state index in [1.807, 2.05) is 0 Å². The SMILES string of the molecule is O=C(N=C1C=CC2=C(O)C(=NNc3ccccc3C(=O)O)C(S(=O)(=O)O)=CC2=C1)N=C1C=CC2=C(O)C(=NN=C3C=C(N(O)O)C=CC3=O)C([S+](=O)(O)O)=CC2=C1. The van der Waals surface area contributed by atoms with Crippen LogP contribution >= 0.6 is 0 Å². The van der Waals surface area contributed by atoms with Crippen LogP contribution in [0.3, 0.4) is 0 Å². The average Bonchev–Trinajstić information content (AvgIpc) is 3.13. The molecule has 0 aliphatic heterocycles. The lowest BCUT2D eigenvalue weighted by atomic mass is 9.91. The summed E-state index contributed by atoms with van der Waals surface area (Å²) in [5.74, 6) is -3.58. The number of hydrogen-bond acceptors (Lipinski definition) is 15. The standard InChI is InChI=1S/C34H23N7O14S2/c42-26-10-7-20(41(48)49)15-25(26)38-40-30-28(57(53,54)55)14-17-12-19(6-9-22(17)32(30)44)36-34(47)35-18-5-8-21-16(11-18)13-27(56(50,51)52)29(31(21)43)39-37-24-4-2-1-3-23(24)33(45)46/h1-15,48-49H,(H6-,35,36,37,43,44,45,46,47,50,51,52,53,54,55)/p+1. The molecule has 0 saturated heterocycles. The van der Waals surface area contributed by atoms with Crippen LogP contribution in [0.4, 0.5) is 10.5 Å². The van der Waals surface area contributed by atoms with Gasteiger partial charge >= 0.3 is 22.5 Å². The van der Waals surface area contributed by atoms with Crippen molar-refractivity contribution in [3.63, 3.8) is 0 Å². The average molecular weight is 819 g/mol. The maximum absolute atomic E-state index is 12.9. The van der Waals surface area contributed by atoms with E-state index in [0.717, 1.165) is 30.4 Å². The number of allylic oxidation sites excluding steroid dienone is 17. The topological polar surface area (TPSA) is 341 Å². The van der Waals surface area contributed by atoms with Crippen LogP contribution < -0.4 is 5.43 Å². The number of aliphatic hydroxyl groups is 2. The number of para-hydroxylation sites is 1. The van der Waals surface area contributed by atoms with Crippen molar-refractivity contribution in [3.05, 3.63) is 146 Å². The number of nitrogens with one attached hydrogen (secondary N) is 1. The Kier molecular flexibility index (Phi) is 10.5. The van der Waals surface area contributed by atoms with Gasteiger partial charge in [-0.2, -0.15) is 32.6 Å². The zero-order chi connectivity index (χ0) is 41.4. The molecule has 0 saturated carbocycles. The lowest BCUT2D eigenvalue weighted by Crippen LogP contribution is -2.25. The van der Waals surface area contributed by atoms with E-state index in [1.165, 1.54) is 60.7 Å². The van der Waals surface area contributed by atoms with Crippen molar-refractivity contribution >= 4 is 72.6 Å². The molecule has 1 aromatic rings. The largest absolute Gasteiger partial charge is 0.505 e. The van der Waals surface area contributed by atoms with E-state index in [9.17, 15) is 66.4 Å². The van der Waals surface area contributed by atoms with Crippen LogP contribution in [0, 0.1) is 0 Å².